The summed E-state index contributed by atoms with van der Waals surface area (Å²) in [5.74, 6) is 0.0523. The van der Waals surface area contributed by atoms with Gasteiger partial charge in [0.25, 0.3) is 0 Å². The SMILES string of the molecule is CC(C)(C)C1CC(=O)N(CCC(=O)N2CC[C@@H](C(C)(C)C)C2)C1=O. The number of imide groups is 1. The summed E-state index contributed by atoms with van der Waals surface area (Å²) in [7, 11) is 0. The van der Waals surface area contributed by atoms with Gasteiger partial charge in [0.1, 0.15) is 0 Å². The number of rotatable bonds is 3. The number of nitrogens with zero attached hydrogens (tertiary/aromatic N) is 2. The number of likely N-dealkylation sites (tertiary alicyclic amines) is 2. The van der Waals surface area contributed by atoms with Gasteiger partial charge in [-0.25, -0.2) is 0 Å². The molecule has 0 radical (unpaired) electrons. The molecule has 24 heavy (non-hydrogen) atoms. The molecule has 0 bridgehead atoms. The molecule has 0 aliphatic carbocycles. The van der Waals surface area contributed by atoms with Crippen molar-refractivity contribution < 1.29 is 14.4 Å². The maximum atomic E-state index is 12.5. The highest BCUT2D eigenvalue weighted by Gasteiger charge is 2.44. The van der Waals surface area contributed by atoms with E-state index in [9.17, 15) is 14.4 Å². The molecule has 0 spiro atoms. The molecule has 2 saturated heterocycles. The fourth-order valence-electron chi connectivity index (χ4n) is 3.65. The van der Waals surface area contributed by atoms with Gasteiger partial charge in [0.2, 0.25) is 17.7 Å². The molecule has 0 saturated carbocycles. The largest absolute Gasteiger partial charge is 0.342 e. The van der Waals surface area contributed by atoms with Gasteiger partial charge in [-0.3, -0.25) is 19.3 Å². The van der Waals surface area contributed by atoms with Crippen LogP contribution in [-0.4, -0.2) is 47.2 Å². The molecule has 1 unspecified atom stereocenters. The van der Waals surface area contributed by atoms with Crippen molar-refractivity contribution in [1.82, 2.24) is 9.80 Å². The summed E-state index contributed by atoms with van der Waals surface area (Å²) >= 11 is 0. The minimum Gasteiger partial charge on any atom is -0.342 e. The molecule has 3 amide bonds. The third kappa shape index (κ3) is 3.98. The first kappa shape index (κ1) is 18.9. The van der Waals surface area contributed by atoms with Gasteiger partial charge in [-0.05, 0) is 23.2 Å². The van der Waals surface area contributed by atoms with E-state index in [2.05, 4.69) is 20.8 Å². The standard InChI is InChI=1S/C19H32N2O3/c1-18(2,3)13-7-9-20(12-13)15(22)8-10-21-16(23)11-14(17(21)24)19(4,5)6/h13-14H,7-12H2,1-6H3/t13-,14?/m1/s1. The molecule has 2 atom stereocenters. The molecular formula is C19H32N2O3. The molecule has 2 rings (SSSR count). The molecule has 136 valence electrons. The lowest BCUT2D eigenvalue weighted by Crippen LogP contribution is -2.38. The lowest BCUT2D eigenvalue weighted by atomic mass is 9.80. The second-order valence-corrected chi connectivity index (χ2v) is 9.45. The van der Waals surface area contributed by atoms with Crippen LogP contribution in [0, 0.1) is 22.7 Å². The predicted molar refractivity (Wildman–Crippen MR) is 93.0 cm³/mol. The van der Waals surface area contributed by atoms with Gasteiger partial charge in [-0.15, -0.1) is 0 Å². The van der Waals surface area contributed by atoms with Crippen LogP contribution in [0.5, 0.6) is 0 Å². The Morgan fingerprint density at radius 2 is 1.71 bits per heavy atom. The van der Waals surface area contributed by atoms with Crippen molar-refractivity contribution in [2.75, 3.05) is 19.6 Å². The Kier molecular flexibility index (Phi) is 5.12. The van der Waals surface area contributed by atoms with Gasteiger partial charge in [-0.1, -0.05) is 41.5 Å². The van der Waals surface area contributed by atoms with Crippen LogP contribution in [-0.2, 0) is 14.4 Å². The van der Waals surface area contributed by atoms with Crippen LogP contribution in [0.25, 0.3) is 0 Å². The van der Waals surface area contributed by atoms with Crippen LogP contribution in [0.2, 0.25) is 0 Å². The predicted octanol–water partition coefficient (Wildman–Crippen LogP) is 2.69. The number of hydrogen-bond donors (Lipinski definition) is 0. The van der Waals surface area contributed by atoms with Gasteiger partial charge in [0.05, 0.1) is 5.92 Å². The average molecular weight is 336 g/mol. The van der Waals surface area contributed by atoms with Crippen molar-refractivity contribution in [3.63, 3.8) is 0 Å². The molecule has 2 fully saturated rings. The van der Waals surface area contributed by atoms with E-state index in [1.807, 2.05) is 25.7 Å². The van der Waals surface area contributed by atoms with Crippen LogP contribution in [0.15, 0.2) is 0 Å². The van der Waals surface area contributed by atoms with Crippen LogP contribution in [0.4, 0.5) is 0 Å². The summed E-state index contributed by atoms with van der Waals surface area (Å²) in [4.78, 5) is 40.2. The molecule has 0 aromatic heterocycles. The molecule has 0 aromatic rings. The summed E-state index contributed by atoms with van der Waals surface area (Å²) in [6.45, 7) is 14.4. The van der Waals surface area contributed by atoms with Gasteiger partial charge in [0.15, 0.2) is 0 Å². The van der Waals surface area contributed by atoms with E-state index in [1.165, 1.54) is 4.90 Å². The third-order valence-electron chi connectivity index (χ3n) is 5.60. The highest BCUT2D eigenvalue weighted by atomic mass is 16.2. The van der Waals surface area contributed by atoms with Crippen molar-refractivity contribution in [3.8, 4) is 0 Å². The van der Waals surface area contributed by atoms with Gasteiger partial charge >= 0.3 is 0 Å². The highest BCUT2D eigenvalue weighted by molar-refractivity contribution is 6.04. The Labute approximate surface area is 145 Å². The van der Waals surface area contributed by atoms with E-state index in [-0.39, 0.29) is 53.9 Å². The Hall–Kier alpha value is -1.39. The Morgan fingerprint density at radius 3 is 2.17 bits per heavy atom. The topological polar surface area (TPSA) is 57.7 Å². The molecular weight excluding hydrogens is 304 g/mol. The van der Waals surface area contributed by atoms with Crippen LogP contribution >= 0.6 is 0 Å². The molecule has 2 aliphatic rings. The monoisotopic (exact) mass is 336 g/mol. The van der Waals surface area contributed by atoms with Crippen LogP contribution in [0.3, 0.4) is 0 Å². The second-order valence-electron chi connectivity index (χ2n) is 9.45. The van der Waals surface area contributed by atoms with E-state index < -0.39 is 0 Å². The zero-order chi connectivity index (χ0) is 18.3. The molecule has 0 N–H and O–H groups in total. The minimum atomic E-state index is -0.267. The summed E-state index contributed by atoms with van der Waals surface area (Å²) in [6.07, 6.45) is 1.54. The fourth-order valence-corrected chi connectivity index (χ4v) is 3.65. The first-order valence-electron chi connectivity index (χ1n) is 9.03. The van der Waals surface area contributed by atoms with Crippen LogP contribution in [0.1, 0.15) is 60.8 Å². The quantitative estimate of drug-likeness (QED) is 0.745. The average Bonchev–Trinajstić information content (AvgIpc) is 3.01. The van der Waals surface area contributed by atoms with E-state index in [4.69, 9.17) is 0 Å². The van der Waals surface area contributed by atoms with E-state index in [0.717, 1.165) is 19.5 Å². The van der Waals surface area contributed by atoms with Crippen molar-refractivity contribution in [3.05, 3.63) is 0 Å². The maximum Gasteiger partial charge on any atom is 0.233 e. The second kappa shape index (κ2) is 6.49. The van der Waals surface area contributed by atoms with Crippen molar-refractivity contribution >= 4 is 17.7 Å². The van der Waals surface area contributed by atoms with Crippen LogP contribution < -0.4 is 0 Å². The maximum absolute atomic E-state index is 12.5. The van der Waals surface area contributed by atoms with E-state index in [0.29, 0.717) is 5.92 Å². The van der Waals surface area contributed by atoms with Gasteiger partial charge in [-0.2, -0.15) is 0 Å². The molecule has 0 aromatic carbocycles. The minimum absolute atomic E-state index is 0.0570. The van der Waals surface area contributed by atoms with E-state index in [1.54, 1.807) is 0 Å². The van der Waals surface area contributed by atoms with Gasteiger partial charge < -0.3 is 4.90 Å². The van der Waals surface area contributed by atoms with Crippen molar-refractivity contribution in [1.29, 1.82) is 0 Å². The van der Waals surface area contributed by atoms with Crippen molar-refractivity contribution in [2.24, 2.45) is 22.7 Å². The zero-order valence-electron chi connectivity index (χ0n) is 16.0. The first-order valence-corrected chi connectivity index (χ1v) is 9.03. The first-order chi connectivity index (χ1) is 10.9. The summed E-state index contributed by atoms with van der Waals surface area (Å²) in [5, 5.41) is 0. The van der Waals surface area contributed by atoms with Crippen molar-refractivity contribution in [2.45, 2.75) is 60.8 Å². The number of carbonyl (C=O) groups is 3. The smallest absolute Gasteiger partial charge is 0.233 e. The fraction of sp³-hybridized carbons (Fsp3) is 0.842. The number of amides is 3. The normalized spacial score (nSPS) is 25.8. The molecule has 2 heterocycles. The molecule has 2 aliphatic heterocycles. The molecule has 5 heteroatoms. The highest BCUT2D eigenvalue weighted by Crippen LogP contribution is 2.36. The summed E-state index contributed by atoms with van der Waals surface area (Å²) < 4.78 is 0. The molecule has 5 nitrogen and oxygen atoms in total. The summed E-state index contributed by atoms with van der Waals surface area (Å²) in [5.41, 5.74) is -0.0176. The lowest BCUT2D eigenvalue weighted by molar-refractivity contribution is -0.141. The lowest BCUT2D eigenvalue weighted by Gasteiger charge is -2.27. The Bertz CT molecular complexity index is 528. The Balaban J connectivity index is 1.89. The van der Waals surface area contributed by atoms with E-state index >= 15 is 0 Å². The van der Waals surface area contributed by atoms with Gasteiger partial charge in [0, 0.05) is 32.5 Å². The third-order valence-corrected chi connectivity index (χ3v) is 5.60. The summed E-state index contributed by atoms with van der Waals surface area (Å²) in [6, 6.07) is 0. The number of hydrogen-bond acceptors (Lipinski definition) is 3. The number of carbonyl (C=O) groups excluding carboxylic acids is 3. The zero-order valence-corrected chi connectivity index (χ0v) is 16.0. The Morgan fingerprint density at radius 1 is 1.08 bits per heavy atom.